The largest absolute Gasteiger partial charge is 0.294 e. The van der Waals surface area contributed by atoms with E-state index in [9.17, 15) is 4.79 Å². The summed E-state index contributed by atoms with van der Waals surface area (Å²) in [5.41, 5.74) is 3.62. The molecule has 0 fully saturated rings. The molecule has 0 aliphatic rings. The molecule has 0 heterocycles. The molecule has 0 saturated carbocycles. The van der Waals surface area contributed by atoms with E-state index >= 15 is 0 Å². The zero-order valence-electron chi connectivity index (χ0n) is 9.10. The summed E-state index contributed by atoms with van der Waals surface area (Å²) in [6.07, 6.45) is 0. The van der Waals surface area contributed by atoms with Gasteiger partial charge in [0.2, 0.25) is 5.91 Å². The third-order valence-corrected chi connectivity index (χ3v) is 3.06. The van der Waals surface area contributed by atoms with E-state index in [0.29, 0.717) is 0 Å². The Bertz CT molecular complexity index is 388. The van der Waals surface area contributed by atoms with E-state index in [1.54, 1.807) is 0 Å². The van der Waals surface area contributed by atoms with Crippen LogP contribution in [0.3, 0.4) is 0 Å². The molecule has 82 valence electrons. The van der Waals surface area contributed by atoms with Crippen LogP contribution in [-0.2, 0) is 10.2 Å². The van der Waals surface area contributed by atoms with Crippen LogP contribution in [0.4, 0.5) is 0 Å². The lowest BCUT2D eigenvalue weighted by Gasteiger charge is -2.25. The number of hydrogen-bond donors (Lipinski definition) is 2. The number of nitrogens with one attached hydrogen (secondary N) is 1. The zero-order valence-corrected chi connectivity index (χ0v) is 10.7. The molecule has 3 nitrogen and oxygen atoms in total. The molecule has 1 rings (SSSR count). The summed E-state index contributed by atoms with van der Waals surface area (Å²) in [6.45, 7) is 5.68. The predicted molar refractivity (Wildman–Crippen MR) is 64.2 cm³/mol. The molecule has 0 spiro atoms. The summed E-state index contributed by atoms with van der Waals surface area (Å²) in [4.78, 5) is 11.6. The van der Waals surface area contributed by atoms with Gasteiger partial charge in [-0.1, -0.05) is 22.0 Å². The molecule has 0 radical (unpaired) electrons. The summed E-state index contributed by atoms with van der Waals surface area (Å²) in [5, 5.41) is 0. The second-order valence-corrected chi connectivity index (χ2v) is 4.97. The van der Waals surface area contributed by atoms with Crippen molar-refractivity contribution >= 4 is 21.8 Å². The molecule has 0 aliphatic carbocycles. The number of amides is 1. The Kier molecular flexibility index (Phi) is 3.52. The molecular weight excluding hydrogens is 256 g/mol. The van der Waals surface area contributed by atoms with E-state index in [-0.39, 0.29) is 5.91 Å². The minimum Gasteiger partial charge on any atom is -0.294 e. The van der Waals surface area contributed by atoms with Crippen LogP contribution in [0.5, 0.6) is 0 Å². The van der Waals surface area contributed by atoms with Gasteiger partial charge in [0.25, 0.3) is 0 Å². The van der Waals surface area contributed by atoms with Crippen LogP contribution in [0.1, 0.15) is 25.0 Å². The Morgan fingerprint density at radius 2 is 2.07 bits per heavy atom. The maximum Gasteiger partial charge on any atom is 0.243 e. The standard InChI is InChI=1S/C11H15BrN2O/c1-7-4-5-8(12)6-9(7)11(2,3)10(15)14-13/h4-6H,13H2,1-3H3,(H,14,15). The lowest BCUT2D eigenvalue weighted by Crippen LogP contribution is -2.44. The molecule has 4 heteroatoms. The normalized spacial score (nSPS) is 11.3. The average molecular weight is 271 g/mol. The van der Waals surface area contributed by atoms with Crippen LogP contribution in [0.2, 0.25) is 0 Å². The highest BCUT2D eigenvalue weighted by molar-refractivity contribution is 9.10. The van der Waals surface area contributed by atoms with Gasteiger partial charge < -0.3 is 0 Å². The topological polar surface area (TPSA) is 55.1 Å². The number of nitrogens with two attached hydrogens (primary N) is 1. The van der Waals surface area contributed by atoms with Crippen molar-refractivity contribution < 1.29 is 4.79 Å². The summed E-state index contributed by atoms with van der Waals surface area (Å²) in [6, 6.07) is 5.88. The van der Waals surface area contributed by atoms with Gasteiger partial charge in [-0.05, 0) is 44.0 Å². The lowest BCUT2D eigenvalue weighted by atomic mass is 9.81. The van der Waals surface area contributed by atoms with Crippen LogP contribution >= 0.6 is 15.9 Å². The molecule has 0 aliphatic heterocycles. The van der Waals surface area contributed by atoms with E-state index in [0.717, 1.165) is 15.6 Å². The van der Waals surface area contributed by atoms with E-state index in [1.807, 2.05) is 39.0 Å². The highest BCUT2D eigenvalue weighted by Crippen LogP contribution is 2.28. The van der Waals surface area contributed by atoms with Gasteiger partial charge in [-0.3, -0.25) is 10.2 Å². The van der Waals surface area contributed by atoms with Crippen molar-refractivity contribution in [3.63, 3.8) is 0 Å². The van der Waals surface area contributed by atoms with Crippen molar-refractivity contribution in [2.24, 2.45) is 5.84 Å². The molecule has 3 N–H and O–H groups in total. The summed E-state index contributed by atoms with van der Waals surface area (Å²) in [7, 11) is 0. The number of hydrazine groups is 1. The van der Waals surface area contributed by atoms with E-state index in [2.05, 4.69) is 21.4 Å². The second-order valence-electron chi connectivity index (χ2n) is 4.06. The van der Waals surface area contributed by atoms with Crippen molar-refractivity contribution in [3.8, 4) is 0 Å². The first kappa shape index (κ1) is 12.2. The van der Waals surface area contributed by atoms with Gasteiger partial charge in [0.05, 0.1) is 5.41 Å². The Balaban J connectivity index is 3.25. The van der Waals surface area contributed by atoms with Crippen LogP contribution < -0.4 is 11.3 Å². The molecule has 1 aromatic carbocycles. The molecule has 0 atom stereocenters. The monoisotopic (exact) mass is 270 g/mol. The fourth-order valence-corrected chi connectivity index (χ4v) is 1.93. The maximum atomic E-state index is 11.6. The number of benzene rings is 1. The van der Waals surface area contributed by atoms with Gasteiger partial charge in [-0.25, -0.2) is 5.84 Å². The first-order valence-corrected chi connectivity index (χ1v) is 5.46. The number of carbonyl (C=O) groups is 1. The van der Waals surface area contributed by atoms with Crippen LogP contribution in [-0.4, -0.2) is 5.91 Å². The summed E-state index contributed by atoms with van der Waals surface area (Å²) in [5.74, 6) is 4.98. The molecule has 0 aromatic heterocycles. The quantitative estimate of drug-likeness (QED) is 0.491. The summed E-state index contributed by atoms with van der Waals surface area (Å²) >= 11 is 3.40. The fourth-order valence-electron chi connectivity index (χ4n) is 1.57. The van der Waals surface area contributed by atoms with Gasteiger partial charge in [0.15, 0.2) is 0 Å². The lowest BCUT2D eigenvalue weighted by molar-refractivity contribution is -0.125. The predicted octanol–water partition coefficient (Wildman–Crippen LogP) is 2.03. The van der Waals surface area contributed by atoms with Crippen molar-refractivity contribution in [1.82, 2.24) is 5.43 Å². The van der Waals surface area contributed by atoms with Crippen molar-refractivity contribution in [2.45, 2.75) is 26.2 Å². The molecule has 0 saturated heterocycles. The fraction of sp³-hybridized carbons (Fsp3) is 0.364. The van der Waals surface area contributed by atoms with E-state index in [1.165, 1.54) is 0 Å². The first-order valence-electron chi connectivity index (χ1n) is 4.67. The molecule has 15 heavy (non-hydrogen) atoms. The van der Waals surface area contributed by atoms with Gasteiger partial charge >= 0.3 is 0 Å². The van der Waals surface area contributed by atoms with Crippen LogP contribution in [0.25, 0.3) is 0 Å². The van der Waals surface area contributed by atoms with Gasteiger partial charge in [0.1, 0.15) is 0 Å². The third-order valence-electron chi connectivity index (χ3n) is 2.57. The Morgan fingerprint density at radius 3 is 2.60 bits per heavy atom. The molecule has 0 bridgehead atoms. The van der Waals surface area contributed by atoms with Gasteiger partial charge in [-0.15, -0.1) is 0 Å². The molecule has 0 unspecified atom stereocenters. The second kappa shape index (κ2) is 4.33. The molecular formula is C11H15BrN2O. The van der Waals surface area contributed by atoms with Crippen molar-refractivity contribution in [2.75, 3.05) is 0 Å². The number of carbonyl (C=O) groups excluding carboxylic acids is 1. The van der Waals surface area contributed by atoms with Gasteiger partial charge in [-0.2, -0.15) is 0 Å². The van der Waals surface area contributed by atoms with Crippen LogP contribution in [0, 0.1) is 6.92 Å². The minimum absolute atomic E-state index is 0.191. The van der Waals surface area contributed by atoms with E-state index in [4.69, 9.17) is 5.84 Å². The zero-order chi connectivity index (χ0) is 11.6. The number of aryl methyl sites for hydroxylation is 1. The Morgan fingerprint density at radius 1 is 1.47 bits per heavy atom. The SMILES string of the molecule is Cc1ccc(Br)cc1C(C)(C)C(=O)NN. The van der Waals surface area contributed by atoms with Crippen molar-refractivity contribution in [1.29, 1.82) is 0 Å². The maximum absolute atomic E-state index is 11.6. The van der Waals surface area contributed by atoms with Crippen molar-refractivity contribution in [3.05, 3.63) is 33.8 Å². The third kappa shape index (κ3) is 2.38. The summed E-state index contributed by atoms with van der Waals surface area (Å²) < 4.78 is 0.959. The van der Waals surface area contributed by atoms with E-state index < -0.39 is 5.41 Å². The highest BCUT2D eigenvalue weighted by Gasteiger charge is 2.30. The van der Waals surface area contributed by atoms with Crippen LogP contribution in [0.15, 0.2) is 22.7 Å². The Hall–Kier alpha value is -0.870. The average Bonchev–Trinajstić information content (AvgIpc) is 2.20. The Labute approximate surface area is 98.1 Å². The molecule has 1 amide bonds. The molecule has 1 aromatic rings. The number of hydrogen-bond acceptors (Lipinski definition) is 2. The minimum atomic E-state index is -0.622. The number of rotatable bonds is 2. The number of halogens is 1. The highest BCUT2D eigenvalue weighted by atomic mass is 79.9. The first-order chi connectivity index (χ1) is 6.89. The smallest absolute Gasteiger partial charge is 0.243 e. The van der Waals surface area contributed by atoms with Gasteiger partial charge in [0, 0.05) is 4.47 Å².